The minimum atomic E-state index is -2.87. The van der Waals surface area contributed by atoms with Crippen LogP contribution >= 0.6 is 32.6 Å². The molecule has 7 heteroatoms. The second kappa shape index (κ2) is 9.94. The third kappa shape index (κ3) is 17.8. The van der Waals surface area contributed by atoms with E-state index >= 15 is 0 Å². The largest absolute Gasteiger partial charge is 0.692 e. The Morgan fingerprint density at radius 1 is 1.36 bits per heavy atom. The smallest absolute Gasteiger partial charge is 0.333 e. The van der Waals surface area contributed by atoms with E-state index in [1.807, 2.05) is 23.8 Å². The molecule has 0 aliphatic carbocycles. The topological polar surface area (TPSA) is 69.6 Å². The zero-order valence-electron chi connectivity index (χ0n) is 5.38. The van der Waals surface area contributed by atoms with Crippen LogP contribution in [-0.2, 0) is 4.57 Å². The monoisotopic (exact) mass is 216 g/mol. The van der Waals surface area contributed by atoms with Crippen molar-refractivity contribution in [3.05, 3.63) is 23.8 Å². The average Bonchev–Trinajstić information content (AvgIpc) is 1.90. The Hall–Kier alpha value is -0.0600. The van der Waals surface area contributed by atoms with Crippen LogP contribution in [-0.4, -0.2) is 9.79 Å². The maximum Gasteiger partial charge on any atom is 0.692 e. The molecule has 0 saturated carbocycles. The quantitative estimate of drug-likeness (QED) is 0.421. The minimum absolute atomic E-state index is 0. The molecule has 11 heavy (non-hydrogen) atoms. The van der Waals surface area contributed by atoms with E-state index in [9.17, 15) is 0 Å². The van der Waals surface area contributed by atoms with Crippen LogP contribution in [0.3, 0.4) is 0 Å². The Labute approximate surface area is 75.9 Å². The van der Waals surface area contributed by atoms with Crippen LogP contribution in [0.25, 0.3) is 0 Å². The predicted octanol–water partition coefficient (Wildman–Crippen LogP) is 1.32. The van der Waals surface area contributed by atoms with E-state index in [0.717, 1.165) is 0 Å². The summed E-state index contributed by atoms with van der Waals surface area (Å²) in [6.45, 7) is 0. The lowest BCUT2D eigenvalue weighted by atomic mass is 10.6. The summed E-state index contributed by atoms with van der Waals surface area (Å²) < 4.78 is 11.6. The molecule has 64 valence electrons. The van der Waals surface area contributed by atoms with Gasteiger partial charge in [-0.3, -0.25) is 0 Å². The number of allylic oxidation sites excluding steroid dienone is 2. The van der Waals surface area contributed by atoms with E-state index in [-0.39, 0.29) is 12.4 Å². The van der Waals surface area contributed by atoms with Crippen molar-refractivity contribution >= 4 is 32.6 Å². The SMILES string of the molecule is C1=CNSC=C1.Cl.O=[P+](O)O. The van der Waals surface area contributed by atoms with Gasteiger partial charge in [-0.15, -0.1) is 22.2 Å². The Morgan fingerprint density at radius 2 is 1.91 bits per heavy atom. The van der Waals surface area contributed by atoms with Crippen molar-refractivity contribution < 1.29 is 14.4 Å². The molecule has 0 fully saturated rings. The summed E-state index contributed by atoms with van der Waals surface area (Å²) in [7, 11) is -2.87. The highest BCUT2D eigenvalue weighted by atomic mass is 35.5. The highest BCUT2D eigenvalue weighted by molar-refractivity contribution is 8.00. The second-order valence-electron chi connectivity index (χ2n) is 1.18. The second-order valence-corrected chi connectivity index (χ2v) is 2.43. The van der Waals surface area contributed by atoms with Crippen LogP contribution in [0.5, 0.6) is 0 Å². The molecule has 0 radical (unpaired) electrons. The van der Waals surface area contributed by atoms with Gasteiger partial charge in [0.2, 0.25) is 0 Å². The Bertz CT molecular complexity index is 147. The lowest BCUT2D eigenvalue weighted by Gasteiger charge is -1.93. The van der Waals surface area contributed by atoms with Crippen LogP contribution in [0.4, 0.5) is 0 Å². The van der Waals surface area contributed by atoms with E-state index in [2.05, 4.69) is 4.72 Å². The van der Waals surface area contributed by atoms with Gasteiger partial charge in [-0.25, -0.2) is 0 Å². The van der Waals surface area contributed by atoms with Crippen LogP contribution in [0, 0.1) is 0 Å². The lowest BCUT2D eigenvalue weighted by Crippen LogP contribution is -1.88. The molecule has 1 aliphatic heterocycles. The first-order valence-electron chi connectivity index (χ1n) is 2.31. The summed E-state index contributed by atoms with van der Waals surface area (Å²) in [5.74, 6) is 0. The molecular formula is C4H8ClNO3PS+. The first-order valence-corrected chi connectivity index (χ1v) is 4.36. The predicted molar refractivity (Wildman–Crippen MR) is 48.3 cm³/mol. The van der Waals surface area contributed by atoms with E-state index in [4.69, 9.17) is 14.4 Å². The first kappa shape index (κ1) is 13.5. The fraction of sp³-hybridized carbons (Fsp3) is 0. The van der Waals surface area contributed by atoms with Crippen molar-refractivity contribution in [2.45, 2.75) is 0 Å². The van der Waals surface area contributed by atoms with E-state index in [1.54, 1.807) is 11.9 Å². The van der Waals surface area contributed by atoms with Gasteiger partial charge in [-0.1, -0.05) is 6.08 Å². The van der Waals surface area contributed by atoms with Gasteiger partial charge in [0.15, 0.2) is 0 Å². The summed E-state index contributed by atoms with van der Waals surface area (Å²) in [5, 5.41) is 1.99. The van der Waals surface area contributed by atoms with Crippen LogP contribution < -0.4 is 4.72 Å². The zero-order chi connectivity index (χ0) is 7.82. The van der Waals surface area contributed by atoms with Gasteiger partial charge in [0.1, 0.15) is 0 Å². The number of nitrogens with one attached hydrogen (secondary N) is 1. The third-order valence-corrected chi connectivity index (χ3v) is 1.06. The molecular weight excluding hydrogens is 209 g/mol. The van der Waals surface area contributed by atoms with Crippen molar-refractivity contribution in [2.24, 2.45) is 0 Å². The van der Waals surface area contributed by atoms with Gasteiger partial charge >= 0.3 is 8.25 Å². The first-order chi connectivity index (χ1) is 4.73. The number of halogens is 1. The summed E-state index contributed by atoms with van der Waals surface area (Å²) in [6.07, 6.45) is 5.84. The van der Waals surface area contributed by atoms with Crippen LogP contribution in [0.1, 0.15) is 0 Å². The van der Waals surface area contributed by atoms with E-state index in [1.165, 1.54) is 0 Å². The highest BCUT2D eigenvalue weighted by Gasteiger charge is 1.93. The molecule has 0 bridgehead atoms. The standard InChI is InChI=1S/C4H5NS.ClH.HO3P/c1-2-4-6-5-3-1;;1-4(2)3/h1-5H;1H;(H-,1,2,3)/p+1. The van der Waals surface area contributed by atoms with Gasteiger partial charge in [-0.2, -0.15) is 0 Å². The number of hydrogen-bond acceptors (Lipinski definition) is 3. The fourth-order valence-electron chi connectivity index (χ4n) is 0.258. The van der Waals surface area contributed by atoms with Crippen molar-refractivity contribution in [3.8, 4) is 0 Å². The van der Waals surface area contributed by atoms with E-state index < -0.39 is 8.25 Å². The summed E-state index contributed by atoms with van der Waals surface area (Å²) in [6, 6.07) is 0. The molecule has 0 atom stereocenters. The zero-order valence-corrected chi connectivity index (χ0v) is 7.90. The van der Waals surface area contributed by atoms with Gasteiger partial charge in [0.05, 0.1) is 0 Å². The number of hydrogen-bond donors (Lipinski definition) is 3. The molecule has 0 unspecified atom stereocenters. The molecule has 0 spiro atoms. The number of rotatable bonds is 0. The van der Waals surface area contributed by atoms with Gasteiger partial charge in [0, 0.05) is 10.8 Å². The summed E-state index contributed by atoms with van der Waals surface area (Å²) in [4.78, 5) is 14.2. The molecule has 0 aromatic carbocycles. The van der Waals surface area contributed by atoms with Crippen LogP contribution in [0.15, 0.2) is 23.8 Å². The molecule has 0 amide bonds. The molecule has 0 aromatic rings. The molecule has 0 aromatic heterocycles. The normalized spacial score (nSPS) is 11.8. The summed E-state index contributed by atoms with van der Waals surface area (Å²) >= 11 is 1.58. The molecule has 4 nitrogen and oxygen atoms in total. The third-order valence-electron chi connectivity index (χ3n) is 0.490. The summed E-state index contributed by atoms with van der Waals surface area (Å²) in [5.41, 5.74) is 0. The molecule has 1 aliphatic rings. The van der Waals surface area contributed by atoms with Crippen molar-refractivity contribution in [3.63, 3.8) is 0 Å². The van der Waals surface area contributed by atoms with Gasteiger partial charge in [-0.05, 0) is 23.4 Å². The van der Waals surface area contributed by atoms with Gasteiger partial charge < -0.3 is 4.72 Å². The Kier molecular flexibility index (Phi) is 12.2. The molecule has 0 saturated heterocycles. The average molecular weight is 217 g/mol. The maximum absolute atomic E-state index is 8.70. The van der Waals surface area contributed by atoms with Gasteiger partial charge in [0.25, 0.3) is 0 Å². The molecule has 1 heterocycles. The van der Waals surface area contributed by atoms with Crippen LogP contribution in [0.2, 0.25) is 0 Å². The Balaban J connectivity index is 0. The van der Waals surface area contributed by atoms with Crippen molar-refractivity contribution in [2.75, 3.05) is 0 Å². The fourth-order valence-corrected chi connectivity index (χ4v) is 0.663. The Morgan fingerprint density at radius 3 is 2.00 bits per heavy atom. The van der Waals surface area contributed by atoms with Crippen molar-refractivity contribution in [1.29, 1.82) is 0 Å². The highest BCUT2D eigenvalue weighted by Crippen LogP contribution is 1.99. The molecule has 1 rings (SSSR count). The van der Waals surface area contributed by atoms with Crippen molar-refractivity contribution in [1.82, 2.24) is 4.72 Å². The lowest BCUT2D eigenvalue weighted by molar-refractivity contribution is 0.405. The maximum atomic E-state index is 8.70. The molecule has 3 N–H and O–H groups in total. The van der Waals surface area contributed by atoms with E-state index in [0.29, 0.717) is 0 Å². The minimum Gasteiger partial charge on any atom is -0.333 e.